The molecule has 1 heterocycles. The number of aliphatic hydroxyl groups is 2. The van der Waals surface area contributed by atoms with E-state index in [2.05, 4.69) is 27.8 Å². The van der Waals surface area contributed by atoms with Crippen molar-refractivity contribution in [3.63, 3.8) is 0 Å². The van der Waals surface area contributed by atoms with E-state index in [0.29, 0.717) is 13.2 Å². The molecule has 1 aliphatic rings. The molecule has 1 aromatic carbocycles. The summed E-state index contributed by atoms with van der Waals surface area (Å²) in [5.74, 6) is 0. The van der Waals surface area contributed by atoms with E-state index in [1.54, 1.807) is 6.92 Å². The Labute approximate surface area is 122 Å². The second-order valence-electron chi connectivity index (χ2n) is 5.02. The molecule has 0 aliphatic carbocycles. The van der Waals surface area contributed by atoms with Crippen molar-refractivity contribution >= 4 is 21.6 Å². The zero-order valence-corrected chi connectivity index (χ0v) is 12.8. The smallest absolute Gasteiger partial charge is 0.0981 e. The van der Waals surface area contributed by atoms with E-state index in [-0.39, 0.29) is 18.8 Å². The number of anilines is 1. The molecule has 19 heavy (non-hydrogen) atoms. The molecule has 1 saturated heterocycles. The standard InChI is InChI=1S/C14H20BrNO3/c1-9-8-19-12(7-17)6-16(9)14-5-11(15)3-4-13(14)10(2)18/h3-5,9-10,12,17-18H,6-8H2,1-2H3. The maximum atomic E-state index is 9.91. The molecule has 0 aromatic heterocycles. The van der Waals surface area contributed by atoms with Crippen LogP contribution in [0.1, 0.15) is 25.5 Å². The summed E-state index contributed by atoms with van der Waals surface area (Å²) in [5, 5.41) is 19.2. The molecule has 0 radical (unpaired) electrons. The number of hydrogen-bond acceptors (Lipinski definition) is 4. The molecule has 1 aromatic rings. The molecular formula is C14H20BrNO3. The molecule has 1 aliphatic heterocycles. The summed E-state index contributed by atoms with van der Waals surface area (Å²) in [6.07, 6.45) is -0.692. The van der Waals surface area contributed by atoms with Crippen LogP contribution < -0.4 is 4.90 Å². The normalized spacial score (nSPS) is 25.4. The van der Waals surface area contributed by atoms with Gasteiger partial charge in [0.1, 0.15) is 0 Å². The van der Waals surface area contributed by atoms with E-state index in [1.807, 2.05) is 18.2 Å². The van der Waals surface area contributed by atoms with Crippen LogP contribution in [-0.4, -0.2) is 42.1 Å². The quantitative estimate of drug-likeness (QED) is 0.891. The van der Waals surface area contributed by atoms with Gasteiger partial charge in [-0.3, -0.25) is 0 Å². The Kier molecular flexibility index (Phi) is 4.84. The largest absolute Gasteiger partial charge is 0.394 e. The first kappa shape index (κ1) is 14.8. The molecule has 0 amide bonds. The van der Waals surface area contributed by atoms with E-state index in [1.165, 1.54) is 0 Å². The Morgan fingerprint density at radius 3 is 2.89 bits per heavy atom. The van der Waals surface area contributed by atoms with Gasteiger partial charge in [-0.15, -0.1) is 0 Å². The molecule has 2 rings (SSSR count). The van der Waals surface area contributed by atoms with Crippen molar-refractivity contribution in [1.29, 1.82) is 0 Å². The minimum absolute atomic E-state index is 0.0151. The van der Waals surface area contributed by atoms with Crippen LogP contribution in [0, 0.1) is 0 Å². The minimum Gasteiger partial charge on any atom is -0.394 e. The maximum absolute atomic E-state index is 9.91. The highest BCUT2D eigenvalue weighted by Crippen LogP contribution is 2.32. The topological polar surface area (TPSA) is 52.9 Å². The summed E-state index contributed by atoms with van der Waals surface area (Å²) in [4.78, 5) is 2.19. The molecule has 3 atom stereocenters. The van der Waals surface area contributed by atoms with E-state index in [4.69, 9.17) is 4.74 Å². The van der Waals surface area contributed by atoms with Gasteiger partial charge in [0.05, 0.1) is 25.4 Å². The van der Waals surface area contributed by atoms with E-state index in [0.717, 1.165) is 15.7 Å². The predicted molar refractivity (Wildman–Crippen MR) is 78.4 cm³/mol. The number of benzene rings is 1. The molecule has 4 nitrogen and oxygen atoms in total. The van der Waals surface area contributed by atoms with E-state index < -0.39 is 6.10 Å². The Balaban J connectivity index is 2.35. The second-order valence-corrected chi connectivity index (χ2v) is 5.93. The predicted octanol–water partition coefficient (Wildman–Crippen LogP) is 2.09. The summed E-state index contributed by atoms with van der Waals surface area (Å²) in [6.45, 7) is 5.08. The number of halogens is 1. The van der Waals surface area contributed by atoms with Gasteiger partial charge in [-0.1, -0.05) is 22.0 Å². The fourth-order valence-corrected chi connectivity index (χ4v) is 2.73. The van der Waals surface area contributed by atoms with Gasteiger partial charge in [0.2, 0.25) is 0 Å². The van der Waals surface area contributed by atoms with Crippen LogP contribution in [0.2, 0.25) is 0 Å². The first-order chi connectivity index (χ1) is 9.02. The molecule has 0 bridgehead atoms. The highest BCUT2D eigenvalue weighted by Gasteiger charge is 2.28. The Hall–Kier alpha value is -0.620. The van der Waals surface area contributed by atoms with Crippen LogP contribution in [0.3, 0.4) is 0 Å². The van der Waals surface area contributed by atoms with Gasteiger partial charge in [-0.25, -0.2) is 0 Å². The van der Waals surface area contributed by atoms with Crippen molar-refractivity contribution in [2.45, 2.75) is 32.1 Å². The van der Waals surface area contributed by atoms with Crippen molar-refractivity contribution in [3.05, 3.63) is 28.2 Å². The van der Waals surface area contributed by atoms with Crippen molar-refractivity contribution in [1.82, 2.24) is 0 Å². The lowest BCUT2D eigenvalue weighted by Crippen LogP contribution is -2.50. The lowest BCUT2D eigenvalue weighted by molar-refractivity contribution is -0.0104. The van der Waals surface area contributed by atoms with Crippen LogP contribution in [0.5, 0.6) is 0 Å². The van der Waals surface area contributed by atoms with Crippen LogP contribution in [0.15, 0.2) is 22.7 Å². The van der Waals surface area contributed by atoms with Crippen LogP contribution >= 0.6 is 15.9 Å². The summed E-state index contributed by atoms with van der Waals surface area (Å²) in [5.41, 5.74) is 1.90. The number of nitrogens with zero attached hydrogens (tertiary/aromatic N) is 1. The number of hydrogen-bond donors (Lipinski definition) is 2. The van der Waals surface area contributed by atoms with E-state index >= 15 is 0 Å². The molecular weight excluding hydrogens is 310 g/mol. The highest BCUT2D eigenvalue weighted by molar-refractivity contribution is 9.10. The average molecular weight is 330 g/mol. The number of ether oxygens (including phenoxy) is 1. The highest BCUT2D eigenvalue weighted by atomic mass is 79.9. The van der Waals surface area contributed by atoms with Crippen LogP contribution in [-0.2, 0) is 4.74 Å². The fraction of sp³-hybridized carbons (Fsp3) is 0.571. The van der Waals surface area contributed by atoms with Crippen LogP contribution in [0.25, 0.3) is 0 Å². The zero-order valence-electron chi connectivity index (χ0n) is 11.2. The SMILES string of the molecule is CC(O)c1ccc(Br)cc1N1CC(CO)OCC1C. The average Bonchev–Trinajstić information content (AvgIpc) is 2.38. The minimum atomic E-state index is -0.522. The third-order valence-electron chi connectivity index (χ3n) is 3.46. The molecule has 3 unspecified atom stereocenters. The Morgan fingerprint density at radius 2 is 2.26 bits per heavy atom. The molecule has 5 heteroatoms. The molecule has 2 N–H and O–H groups in total. The third-order valence-corrected chi connectivity index (χ3v) is 3.95. The van der Waals surface area contributed by atoms with Gasteiger partial charge >= 0.3 is 0 Å². The molecule has 1 fully saturated rings. The summed E-state index contributed by atoms with van der Waals surface area (Å²) >= 11 is 3.48. The van der Waals surface area contributed by atoms with Gasteiger partial charge in [0.25, 0.3) is 0 Å². The Bertz CT molecular complexity index is 439. The third kappa shape index (κ3) is 3.28. The monoisotopic (exact) mass is 329 g/mol. The lowest BCUT2D eigenvalue weighted by atomic mass is 10.0. The van der Waals surface area contributed by atoms with E-state index in [9.17, 15) is 10.2 Å². The van der Waals surface area contributed by atoms with Gasteiger partial charge in [0, 0.05) is 28.3 Å². The van der Waals surface area contributed by atoms with Gasteiger partial charge in [-0.2, -0.15) is 0 Å². The second kappa shape index (κ2) is 6.22. The fourth-order valence-electron chi connectivity index (χ4n) is 2.38. The van der Waals surface area contributed by atoms with Crippen LogP contribution in [0.4, 0.5) is 5.69 Å². The van der Waals surface area contributed by atoms with Crippen molar-refractivity contribution in [2.24, 2.45) is 0 Å². The van der Waals surface area contributed by atoms with Crippen molar-refractivity contribution in [3.8, 4) is 0 Å². The number of aliphatic hydroxyl groups excluding tert-OH is 2. The molecule has 106 valence electrons. The number of rotatable bonds is 3. The zero-order chi connectivity index (χ0) is 14.0. The molecule has 0 saturated carbocycles. The molecule has 0 spiro atoms. The first-order valence-corrected chi connectivity index (χ1v) is 7.28. The van der Waals surface area contributed by atoms with Gasteiger partial charge in [0.15, 0.2) is 0 Å². The van der Waals surface area contributed by atoms with Crippen molar-refractivity contribution < 1.29 is 14.9 Å². The first-order valence-electron chi connectivity index (χ1n) is 6.49. The maximum Gasteiger partial charge on any atom is 0.0981 e. The lowest BCUT2D eigenvalue weighted by Gasteiger charge is -2.40. The summed E-state index contributed by atoms with van der Waals surface area (Å²) < 4.78 is 6.53. The van der Waals surface area contributed by atoms with Gasteiger partial charge in [-0.05, 0) is 26.0 Å². The Morgan fingerprint density at radius 1 is 1.53 bits per heavy atom. The van der Waals surface area contributed by atoms with Gasteiger partial charge < -0.3 is 19.8 Å². The number of morpholine rings is 1. The summed E-state index contributed by atoms with van der Waals surface area (Å²) in [7, 11) is 0. The van der Waals surface area contributed by atoms with Crippen molar-refractivity contribution in [2.75, 3.05) is 24.7 Å². The summed E-state index contributed by atoms with van der Waals surface area (Å²) in [6, 6.07) is 6.09.